The van der Waals surface area contributed by atoms with E-state index in [4.69, 9.17) is 13.9 Å². The zero-order valence-electron chi connectivity index (χ0n) is 15.0. The fourth-order valence-electron chi connectivity index (χ4n) is 2.78. The first-order valence-electron chi connectivity index (χ1n) is 8.62. The van der Waals surface area contributed by atoms with Gasteiger partial charge < -0.3 is 13.9 Å². The van der Waals surface area contributed by atoms with Crippen molar-refractivity contribution in [3.63, 3.8) is 0 Å². The van der Waals surface area contributed by atoms with Crippen LogP contribution in [-0.4, -0.2) is 12.6 Å². The molecule has 28 heavy (non-hydrogen) atoms. The molecular formula is C22H16O5S. The van der Waals surface area contributed by atoms with Crippen LogP contribution in [0.4, 0.5) is 0 Å². The number of aryl methyl sites for hydroxylation is 1. The third-order valence-corrected chi connectivity index (χ3v) is 4.87. The number of hydrogen-bond donors (Lipinski definition) is 0. The Kier molecular flexibility index (Phi) is 4.95. The quantitative estimate of drug-likeness (QED) is 0.360. The van der Waals surface area contributed by atoms with E-state index in [1.807, 2.05) is 49.4 Å². The van der Waals surface area contributed by atoms with Gasteiger partial charge in [0.05, 0.1) is 4.70 Å². The lowest BCUT2D eigenvalue weighted by atomic mass is 10.0. The van der Waals surface area contributed by atoms with E-state index >= 15 is 0 Å². The van der Waals surface area contributed by atoms with Gasteiger partial charge in [-0.25, -0.2) is 9.59 Å². The monoisotopic (exact) mass is 392 g/mol. The second kappa shape index (κ2) is 7.70. The Morgan fingerprint density at radius 2 is 1.75 bits per heavy atom. The summed E-state index contributed by atoms with van der Waals surface area (Å²) in [6.07, 6.45) is 0. The second-order valence-corrected chi connectivity index (χ2v) is 7.17. The number of hydrogen-bond acceptors (Lipinski definition) is 6. The van der Waals surface area contributed by atoms with Crippen molar-refractivity contribution >= 4 is 27.6 Å². The summed E-state index contributed by atoms with van der Waals surface area (Å²) >= 11 is 0.969. The molecule has 1 aromatic heterocycles. The van der Waals surface area contributed by atoms with Crippen molar-refractivity contribution in [2.75, 3.05) is 6.61 Å². The van der Waals surface area contributed by atoms with Crippen molar-refractivity contribution in [3.05, 3.63) is 82.0 Å². The smallest absolute Gasteiger partial charge is 0.396 e. The molecule has 6 heteroatoms. The lowest BCUT2D eigenvalue weighted by Gasteiger charge is -2.09. The lowest BCUT2D eigenvalue weighted by molar-refractivity contribution is -0.136. The van der Waals surface area contributed by atoms with Crippen LogP contribution >= 0.6 is 11.3 Å². The summed E-state index contributed by atoms with van der Waals surface area (Å²) in [6, 6.07) is 20.2. The molecular weight excluding hydrogens is 376 g/mol. The van der Waals surface area contributed by atoms with E-state index in [0.29, 0.717) is 27.3 Å². The minimum atomic E-state index is -0.533. The Balaban J connectivity index is 1.57. The number of benzene rings is 3. The molecule has 4 rings (SSSR count). The van der Waals surface area contributed by atoms with Crippen molar-refractivity contribution in [3.8, 4) is 22.6 Å². The Hall–Kier alpha value is -3.38. The number of esters is 1. The van der Waals surface area contributed by atoms with E-state index < -0.39 is 10.9 Å². The third-order valence-electron chi connectivity index (χ3n) is 4.10. The van der Waals surface area contributed by atoms with Gasteiger partial charge in [0.2, 0.25) is 0 Å². The van der Waals surface area contributed by atoms with E-state index in [1.54, 1.807) is 24.3 Å². The number of rotatable bonds is 5. The van der Waals surface area contributed by atoms with Crippen molar-refractivity contribution < 1.29 is 18.7 Å². The van der Waals surface area contributed by atoms with E-state index in [2.05, 4.69) is 0 Å². The molecule has 4 aromatic rings. The highest BCUT2D eigenvalue weighted by Gasteiger charge is 2.15. The average Bonchev–Trinajstić information content (AvgIpc) is 3.07. The molecule has 0 radical (unpaired) electrons. The van der Waals surface area contributed by atoms with Crippen molar-refractivity contribution in [2.24, 2.45) is 0 Å². The molecule has 0 unspecified atom stereocenters. The van der Waals surface area contributed by atoms with Gasteiger partial charge in [-0.2, -0.15) is 0 Å². The molecule has 0 atom stereocenters. The number of carbonyl (C=O) groups excluding carboxylic acids is 1. The van der Waals surface area contributed by atoms with Gasteiger partial charge in [0, 0.05) is 11.6 Å². The maximum Gasteiger partial charge on any atom is 0.396 e. The predicted molar refractivity (Wildman–Crippen MR) is 108 cm³/mol. The van der Waals surface area contributed by atoms with E-state index in [9.17, 15) is 9.59 Å². The minimum Gasteiger partial charge on any atom is -0.482 e. The van der Waals surface area contributed by atoms with Crippen LogP contribution in [0.25, 0.3) is 21.4 Å². The van der Waals surface area contributed by atoms with Crippen LogP contribution < -0.4 is 14.4 Å². The molecule has 0 N–H and O–H groups in total. The van der Waals surface area contributed by atoms with Gasteiger partial charge in [0.1, 0.15) is 11.5 Å². The second-order valence-electron chi connectivity index (χ2n) is 6.19. The number of carbonyl (C=O) groups is 1. The topological polar surface area (TPSA) is 65.7 Å². The van der Waals surface area contributed by atoms with Crippen molar-refractivity contribution in [2.45, 2.75) is 6.92 Å². The molecule has 0 bridgehead atoms. The maximum atomic E-state index is 12.2. The fourth-order valence-corrected chi connectivity index (χ4v) is 3.50. The van der Waals surface area contributed by atoms with Crippen LogP contribution in [-0.2, 0) is 4.79 Å². The summed E-state index contributed by atoms with van der Waals surface area (Å²) in [5.74, 6) is 0.395. The van der Waals surface area contributed by atoms with Gasteiger partial charge >= 0.3 is 10.9 Å². The van der Waals surface area contributed by atoms with Crippen molar-refractivity contribution in [1.29, 1.82) is 0 Å². The van der Waals surface area contributed by atoms with Crippen LogP contribution in [0.1, 0.15) is 5.56 Å². The molecule has 0 amide bonds. The Morgan fingerprint density at radius 3 is 2.50 bits per heavy atom. The number of fused-ring (bicyclic) bond motifs is 1. The Labute approximate surface area is 164 Å². The molecule has 0 spiro atoms. The van der Waals surface area contributed by atoms with E-state index in [1.165, 1.54) is 0 Å². The predicted octanol–water partition coefficient (Wildman–Crippen LogP) is 4.81. The highest BCUT2D eigenvalue weighted by molar-refractivity contribution is 7.16. The van der Waals surface area contributed by atoms with Crippen LogP contribution in [0.2, 0.25) is 0 Å². The Bertz CT molecular complexity index is 1170. The van der Waals surface area contributed by atoms with Crippen LogP contribution in [0, 0.1) is 6.92 Å². The van der Waals surface area contributed by atoms with Crippen LogP contribution in [0.15, 0.2) is 75.9 Å². The maximum absolute atomic E-state index is 12.2. The standard InChI is InChI=1S/C22H16O5S/c1-14-7-9-16(10-8-14)25-13-20(23)26-17-11-18(15-5-3-2-4-6-15)21-19(12-17)28-22(24)27-21/h2-12H,13H2,1H3. The van der Waals surface area contributed by atoms with E-state index in [0.717, 1.165) is 22.5 Å². The molecule has 5 nitrogen and oxygen atoms in total. The van der Waals surface area contributed by atoms with Gasteiger partial charge in [-0.1, -0.05) is 59.4 Å². The van der Waals surface area contributed by atoms with Gasteiger partial charge in [-0.3, -0.25) is 0 Å². The van der Waals surface area contributed by atoms with Gasteiger partial charge in [0.25, 0.3) is 0 Å². The zero-order chi connectivity index (χ0) is 19.5. The molecule has 1 heterocycles. The van der Waals surface area contributed by atoms with Crippen molar-refractivity contribution in [1.82, 2.24) is 0 Å². The summed E-state index contributed by atoms with van der Waals surface area (Å²) in [5.41, 5.74) is 3.15. The summed E-state index contributed by atoms with van der Waals surface area (Å²) in [6.45, 7) is 1.76. The molecule has 0 fully saturated rings. The largest absolute Gasteiger partial charge is 0.482 e. The highest BCUT2D eigenvalue weighted by atomic mass is 32.1. The molecule has 0 saturated carbocycles. The minimum absolute atomic E-state index is 0.219. The third kappa shape index (κ3) is 3.97. The van der Waals surface area contributed by atoms with Gasteiger partial charge in [-0.15, -0.1) is 0 Å². The zero-order valence-corrected chi connectivity index (χ0v) is 15.8. The number of ether oxygens (including phenoxy) is 2. The summed E-state index contributed by atoms with van der Waals surface area (Å²) in [7, 11) is 0. The molecule has 0 aliphatic rings. The SMILES string of the molecule is Cc1ccc(OCC(=O)Oc2cc(-c3ccccc3)c3oc(=O)sc3c2)cc1. The Morgan fingerprint density at radius 1 is 1.00 bits per heavy atom. The van der Waals surface area contributed by atoms with E-state index in [-0.39, 0.29) is 6.61 Å². The van der Waals surface area contributed by atoms with Gasteiger partial charge in [-0.05, 0) is 30.7 Å². The van der Waals surface area contributed by atoms with Gasteiger partial charge in [0.15, 0.2) is 12.2 Å². The lowest BCUT2D eigenvalue weighted by Crippen LogP contribution is -2.17. The van der Waals surface area contributed by atoms with Crippen LogP contribution in [0.5, 0.6) is 11.5 Å². The average molecular weight is 392 g/mol. The molecule has 140 valence electrons. The molecule has 3 aromatic carbocycles. The molecule has 0 saturated heterocycles. The molecule has 0 aliphatic heterocycles. The summed E-state index contributed by atoms with van der Waals surface area (Å²) in [4.78, 5) is 23.5. The fraction of sp³-hybridized carbons (Fsp3) is 0.0909. The first kappa shape index (κ1) is 18.0. The normalized spacial score (nSPS) is 10.8. The van der Waals surface area contributed by atoms with Crippen LogP contribution in [0.3, 0.4) is 0 Å². The highest BCUT2D eigenvalue weighted by Crippen LogP contribution is 2.34. The summed E-state index contributed by atoms with van der Waals surface area (Å²) in [5, 5.41) is 0. The molecule has 0 aliphatic carbocycles. The first-order valence-corrected chi connectivity index (χ1v) is 9.43. The first-order chi connectivity index (χ1) is 13.6. The summed E-state index contributed by atoms with van der Waals surface area (Å²) < 4.78 is 16.8.